The minimum absolute atomic E-state index is 0.0162. The lowest BCUT2D eigenvalue weighted by molar-refractivity contribution is -0.159. The van der Waals surface area contributed by atoms with Gasteiger partial charge in [0.1, 0.15) is 6.04 Å². The number of nitrogens with two attached hydrogens (primary N) is 1. The minimum Gasteiger partial charge on any atom is -0.480 e. The second kappa shape index (κ2) is 11.6. The highest BCUT2D eigenvalue weighted by Gasteiger charge is 2.30. The molecule has 0 spiro atoms. The number of nitrogens with one attached hydrogen (secondary N) is 1. The van der Waals surface area contributed by atoms with Crippen molar-refractivity contribution in [1.29, 1.82) is 0 Å². The number of nitrogens with zero attached hydrogens (tertiary/aromatic N) is 3. The van der Waals surface area contributed by atoms with Crippen LogP contribution in [0.3, 0.4) is 0 Å². The van der Waals surface area contributed by atoms with E-state index < -0.39 is 30.1 Å². The standard InChI is InChI=1S/C18H16N2O5.C6H9N3O2/c1-11-6-8-12(9-7-11)10-20-14-5-3-2-4-13(14)16(19-20)25-15(17(21)22)18(23)24;7-5(6(10)11)1-4-2-8-3-9-4/h2-9,15H,10H2,1H3,(H,21,22)(H,23,24);2-3,5H,1,7H2,(H,8,9)(H,10,11)/t;5-/m.0/s1. The maximum absolute atomic E-state index is 11.1. The van der Waals surface area contributed by atoms with Gasteiger partial charge in [-0.2, -0.15) is 0 Å². The van der Waals surface area contributed by atoms with E-state index in [0.29, 0.717) is 11.9 Å². The number of aromatic amines is 1. The van der Waals surface area contributed by atoms with Crippen molar-refractivity contribution < 1.29 is 34.4 Å². The smallest absolute Gasteiger partial charge is 0.356 e. The Hall–Kier alpha value is -4.71. The SMILES string of the molecule is Cc1ccc(Cn2nc(OC(C(=O)O)C(=O)O)c3ccccc32)cc1.N[C@@H](Cc1cnc[nH]1)C(=O)O. The van der Waals surface area contributed by atoms with Crippen LogP contribution in [0.15, 0.2) is 61.1 Å². The molecule has 4 aromatic rings. The summed E-state index contributed by atoms with van der Waals surface area (Å²) in [6, 6.07) is 14.2. The first-order chi connectivity index (χ1) is 17.2. The number of H-pyrrole nitrogens is 1. The maximum atomic E-state index is 11.1. The fourth-order valence-corrected chi connectivity index (χ4v) is 3.21. The van der Waals surface area contributed by atoms with Crippen LogP contribution in [0.4, 0.5) is 0 Å². The summed E-state index contributed by atoms with van der Waals surface area (Å²) >= 11 is 0. The molecule has 0 unspecified atom stereocenters. The second-order valence-corrected chi connectivity index (χ2v) is 7.87. The number of hydrogen-bond acceptors (Lipinski definition) is 7. The Morgan fingerprint density at radius 1 is 1.03 bits per heavy atom. The molecule has 36 heavy (non-hydrogen) atoms. The lowest BCUT2D eigenvalue weighted by Gasteiger charge is -2.08. The van der Waals surface area contributed by atoms with Crippen molar-refractivity contribution >= 4 is 28.8 Å². The summed E-state index contributed by atoms with van der Waals surface area (Å²) in [5.41, 5.74) is 8.88. The molecule has 188 valence electrons. The van der Waals surface area contributed by atoms with Gasteiger partial charge in [0.2, 0.25) is 5.88 Å². The first-order valence-electron chi connectivity index (χ1n) is 10.7. The number of ether oxygens (including phenoxy) is 1. The van der Waals surface area contributed by atoms with E-state index in [2.05, 4.69) is 15.1 Å². The zero-order chi connectivity index (χ0) is 26.2. The van der Waals surface area contributed by atoms with Crippen molar-refractivity contribution in [2.75, 3.05) is 0 Å². The van der Waals surface area contributed by atoms with Gasteiger partial charge in [0.15, 0.2) is 0 Å². The number of fused-ring (bicyclic) bond motifs is 1. The van der Waals surface area contributed by atoms with Gasteiger partial charge in [-0.15, -0.1) is 5.10 Å². The summed E-state index contributed by atoms with van der Waals surface area (Å²) in [4.78, 5) is 38.9. The number of aryl methyl sites for hydroxylation is 1. The molecular weight excluding hydrogens is 470 g/mol. The van der Waals surface area contributed by atoms with Crippen LogP contribution >= 0.6 is 0 Å². The largest absolute Gasteiger partial charge is 0.480 e. The average Bonchev–Trinajstić information content (AvgIpc) is 3.47. The molecule has 0 saturated heterocycles. The topological polar surface area (TPSA) is 194 Å². The molecule has 2 heterocycles. The molecule has 0 aliphatic rings. The van der Waals surface area contributed by atoms with Crippen molar-refractivity contribution in [3.05, 3.63) is 77.9 Å². The van der Waals surface area contributed by atoms with E-state index >= 15 is 0 Å². The molecule has 2 aromatic carbocycles. The third kappa shape index (κ3) is 6.67. The highest BCUT2D eigenvalue weighted by atomic mass is 16.5. The van der Waals surface area contributed by atoms with Gasteiger partial charge in [-0.1, -0.05) is 42.0 Å². The number of carbonyl (C=O) groups is 3. The van der Waals surface area contributed by atoms with Crippen LogP contribution in [0.1, 0.15) is 16.8 Å². The molecule has 0 bridgehead atoms. The number of benzene rings is 2. The van der Waals surface area contributed by atoms with E-state index in [-0.39, 0.29) is 12.3 Å². The van der Waals surface area contributed by atoms with Gasteiger partial charge in [0, 0.05) is 18.3 Å². The molecule has 12 nitrogen and oxygen atoms in total. The number of hydrogen-bond donors (Lipinski definition) is 5. The lowest BCUT2D eigenvalue weighted by Crippen LogP contribution is -2.35. The summed E-state index contributed by atoms with van der Waals surface area (Å²) in [6.45, 7) is 2.45. The van der Waals surface area contributed by atoms with Gasteiger partial charge >= 0.3 is 17.9 Å². The number of carboxylic acid groups (broad SMARTS) is 3. The molecule has 0 radical (unpaired) electrons. The third-order valence-electron chi connectivity index (χ3n) is 5.07. The number of aromatic nitrogens is 4. The van der Waals surface area contributed by atoms with E-state index in [4.69, 9.17) is 25.8 Å². The van der Waals surface area contributed by atoms with Crippen molar-refractivity contribution in [3.8, 4) is 5.88 Å². The quantitative estimate of drug-likeness (QED) is 0.213. The van der Waals surface area contributed by atoms with E-state index in [1.165, 1.54) is 6.33 Å². The Labute approximate surface area is 205 Å². The molecule has 4 rings (SSSR count). The molecule has 0 saturated carbocycles. The van der Waals surface area contributed by atoms with Crippen molar-refractivity contribution in [3.63, 3.8) is 0 Å². The first-order valence-corrected chi connectivity index (χ1v) is 10.7. The number of carboxylic acids is 3. The maximum Gasteiger partial charge on any atom is 0.356 e. The fraction of sp³-hybridized carbons (Fsp3) is 0.208. The Morgan fingerprint density at radius 2 is 1.69 bits per heavy atom. The second-order valence-electron chi connectivity index (χ2n) is 7.87. The van der Waals surface area contributed by atoms with E-state index in [1.807, 2.05) is 43.3 Å². The van der Waals surface area contributed by atoms with Crippen LogP contribution in [0.5, 0.6) is 5.88 Å². The van der Waals surface area contributed by atoms with Gasteiger partial charge < -0.3 is 30.8 Å². The Morgan fingerprint density at radius 3 is 2.28 bits per heavy atom. The number of imidazole rings is 1. The molecule has 0 amide bonds. The van der Waals surface area contributed by atoms with Crippen LogP contribution < -0.4 is 10.5 Å². The number of para-hydroxylation sites is 1. The van der Waals surface area contributed by atoms with E-state index in [9.17, 15) is 14.4 Å². The summed E-state index contributed by atoms with van der Waals surface area (Å²) < 4.78 is 6.82. The minimum atomic E-state index is -2.01. The van der Waals surface area contributed by atoms with Gasteiger partial charge in [0.25, 0.3) is 6.10 Å². The predicted octanol–water partition coefficient (Wildman–Crippen LogP) is 1.67. The summed E-state index contributed by atoms with van der Waals surface area (Å²) in [5, 5.41) is 31.3. The lowest BCUT2D eigenvalue weighted by atomic mass is 10.1. The molecule has 0 aliphatic heterocycles. The number of aliphatic carboxylic acids is 3. The molecule has 2 aromatic heterocycles. The van der Waals surface area contributed by atoms with Crippen LogP contribution in [0.25, 0.3) is 10.9 Å². The number of rotatable bonds is 9. The van der Waals surface area contributed by atoms with Crippen molar-refractivity contribution in [2.45, 2.75) is 32.0 Å². The van der Waals surface area contributed by atoms with Gasteiger partial charge in [0.05, 0.1) is 23.8 Å². The normalized spacial score (nSPS) is 11.5. The molecule has 12 heteroatoms. The van der Waals surface area contributed by atoms with Crippen LogP contribution in [0.2, 0.25) is 0 Å². The van der Waals surface area contributed by atoms with E-state index in [1.54, 1.807) is 23.0 Å². The Bertz CT molecular complexity index is 1320. The Kier molecular flexibility index (Phi) is 8.36. The van der Waals surface area contributed by atoms with Crippen molar-refractivity contribution in [2.24, 2.45) is 5.73 Å². The highest BCUT2D eigenvalue weighted by Crippen LogP contribution is 2.26. The molecular formula is C24H25N5O7. The molecule has 1 atom stereocenters. The monoisotopic (exact) mass is 495 g/mol. The molecule has 6 N–H and O–H groups in total. The Balaban J connectivity index is 0.000000275. The van der Waals surface area contributed by atoms with Crippen molar-refractivity contribution in [1.82, 2.24) is 19.7 Å². The fourth-order valence-electron chi connectivity index (χ4n) is 3.21. The highest BCUT2D eigenvalue weighted by molar-refractivity contribution is 5.97. The summed E-state index contributed by atoms with van der Waals surface area (Å²) in [5.74, 6) is -4.17. The zero-order valence-electron chi connectivity index (χ0n) is 19.2. The zero-order valence-corrected chi connectivity index (χ0v) is 19.2. The predicted molar refractivity (Wildman–Crippen MR) is 128 cm³/mol. The van der Waals surface area contributed by atoms with Crippen LogP contribution in [-0.4, -0.2) is 65.1 Å². The van der Waals surface area contributed by atoms with Crippen LogP contribution in [-0.2, 0) is 27.3 Å². The average molecular weight is 495 g/mol. The van der Waals surface area contributed by atoms with E-state index in [0.717, 1.165) is 22.3 Å². The van der Waals surface area contributed by atoms with Gasteiger partial charge in [-0.05, 0) is 24.6 Å². The van der Waals surface area contributed by atoms with Gasteiger partial charge in [-0.25, -0.2) is 14.6 Å². The van der Waals surface area contributed by atoms with Crippen LogP contribution in [0, 0.1) is 6.92 Å². The van der Waals surface area contributed by atoms with Gasteiger partial charge in [-0.3, -0.25) is 9.48 Å². The third-order valence-corrected chi connectivity index (χ3v) is 5.07. The summed E-state index contributed by atoms with van der Waals surface area (Å²) in [7, 11) is 0. The molecule has 0 aliphatic carbocycles. The first kappa shape index (κ1) is 25.9. The molecule has 0 fully saturated rings. The summed E-state index contributed by atoms with van der Waals surface area (Å²) in [6.07, 6.45) is 1.33.